The van der Waals surface area contributed by atoms with E-state index in [9.17, 15) is 14.4 Å². The summed E-state index contributed by atoms with van der Waals surface area (Å²) in [6.45, 7) is 1.43. The number of hydrogen-bond acceptors (Lipinski definition) is 5. The Morgan fingerprint density at radius 2 is 2.00 bits per heavy atom. The monoisotopic (exact) mass is 359 g/mol. The van der Waals surface area contributed by atoms with Gasteiger partial charge in [-0.25, -0.2) is 4.79 Å². The summed E-state index contributed by atoms with van der Waals surface area (Å²) in [5, 5.41) is 0.220. The molecule has 0 N–H and O–H groups in total. The van der Waals surface area contributed by atoms with Gasteiger partial charge in [0.2, 0.25) is 0 Å². The van der Waals surface area contributed by atoms with E-state index in [1.807, 2.05) is 0 Å². The van der Waals surface area contributed by atoms with Crippen molar-refractivity contribution in [3.05, 3.63) is 38.7 Å². The Kier molecular flexibility index (Phi) is 5.16. The zero-order valence-corrected chi connectivity index (χ0v) is 14.0. The maximum absolute atomic E-state index is 12.3. The number of rotatable bonds is 3. The predicted octanol–water partition coefficient (Wildman–Crippen LogP) is 3.59. The number of amides is 2. The summed E-state index contributed by atoms with van der Waals surface area (Å²) >= 11 is 12.5. The first-order valence-electron chi connectivity index (χ1n) is 6.15. The lowest BCUT2D eigenvalue weighted by atomic mass is 10.2. The second kappa shape index (κ2) is 6.73. The Morgan fingerprint density at radius 1 is 1.32 bits per heavy atom. The van der Waals surface area contributed by atoms with E-state index < -0.39 is 23.2 Å². The van der Waals surface area contributed by atoms with E-state index in [2.05, 4.69) is 4.74 Å². The second-order valence-corrected chi connectivity index (χ2v) is 6.23. The Bertz CT molecular complexity index is 689. The molecule has 1 aliphatic rings. The number of carbonyl (C=O) groups is 3. The largest absolute Gasteiger partial charge is 0.467 e. The summed E-state index contributed by atoms with van der Waals surface area (Å²) in [6, 6.07) is 3.88. The van der Waals surface area contributed by atoms with Crippen LogP contribution in [0.25, 0.3) is 6.08 Å². The van der Waals surface area contributed by atoms with E-state index in [0.29, 0.717) is 15.6 Å². The Labute approximate surface area is 141 Å². The van der Waals surface area contributed by atoms with Crippen LogP contribution in [0.15, 0.2) is 23.1 Å². The molecular formula is C14H11Cl2NO4S. The van der Waals surface area contributed by atoms with Crippen molar-refractivity contribution in [3.63, 3.8) is 0 Å². The van der Waals surface area contributed by atoms with E-state index in [0.717, 1.165) is 16.7 Å². The number of methoxy groups -OCH3 is 1. The molecule has 0 unspecified atom stereocenters. The number of imide groups is 1. The average molecular weight is 360 g/mol. The first-order valence-corrected chi connectivity index (χ1v) is 7.72. The van der Waals surface area contributed by atoms with Gasteiger partial charge in [0.1, 0.15) is 6.04 Å². The van der Waals surface area contributed by atoms with Crippen molar-refractivity contribution in [3.8, 4) is 0 Å². The highest BCUT2D eigenvalue weighted by Crippen LogP contribution is 2.34. The normalized spacial score (nSPS) is 18.0. The minimum absolute atomic E-state index is 0.208. The lowest BCUT2D eigenvalue weighted by molar-refractivity contribution is -0.148. The number of ether oxygens (including phenoxy) is 1. The second-order valence-electron chi connectivity index (χ2n) is 4.42. The van der Waals surface area contributed by atoms with Gasteiger partial charge < -0.3 is 4.74 Å². The van der Waals surface area contributed by atoms with Crippen molar-refractivity contribution >= 4 is 58.2 Å². The first-order chi connectivity index (χ1) is 10.3. The molecule has 1 fully saturated rings. The Hall–Kier alpha value is -1.50. The van der Waals surface area contributed by atoms with Crippen molar-refractivity contribution < 1.29 is 19.1 Å². The Morgan fingerprint density at radius 3 is 2.59 bits per heavy atom. The van der Waals surface area contributed by atoms with E-state index in [1.54, 1.807) is 18.2 Å². The van der Waals surface area contributed by atoms with Gasteiger partial charge in [-0.1, -0.05) is 29.3 Å². The molecule has 0 aromatic heterocycles. The third kappa shape index (κ3) is 3.29. The molecule has 0 aliphatic carbocycles. The third-order valence-corrected chi connectivity index (χ3v) is 4.62. The van der Waals surface area contributed by atoms with E-state index in [-0.39, 0.29) is 4.91 Å². The smallest absolute Gasteiger partial charge is 0.328 e. The van der Waals surface area contributed by atoms with Crippen LogP contribution >= 0.6 is 35.0 Å². The van der Waals surface area contributed by atoms with Crippen LogP contribution in [0.1, 0.15) is 12.5 Å². The number of esters is 1. The molecule has 1 aromatic carbocycles. The standard InChI is InChI=1S/C14H11Cl2NO4S/c1-7(13(19)21-2)17-12(18)11(22-14(17)20)6-8-3-4-9(15)10(16)5-8/h3-7H,1-2H3/b11-6+/t7-/m0/s1. The maximum atomic E-state index is 12.3. The summed E-state index contributed by atoms with van der Waals surface area (Å²) in [4.78, 5) is 36.8. The van der Waals surface area contributed by atoms with Gasteiger partial charge >= 0.3 is 5.97 Å². The summed E-state index contributed by atoms with van der Waals surface area (Å²) in [5.41, 5.74) is 0.630. The zero-order valence-electron chi connectivity index (χ0n) is 11.6. The van der Waals surface area contributed by atoms with Gasteiger partial charge in [-0.2, -0.15) is 0 Å². The van der Waals surface area contributed by atoms with Gasteiger partial charge in [0, 0.05) is 0 Å². The molecule has 1 aromatic rings. The quantitative estimate of drug-likeness (QED) is 0.609. The van der Waals surface area contributed by atoms with Gasteiger partial charge in [-0.15, -0.1) is 0 Å². The number of halogens is 2. The van der Waals surface area contributed by atoms with Crippen molar-refractivity contribution in [1.29, 1.82) is 0 Å². The Balaban J connectivity index is 2.29. The zero-order chi connectivity index (χ0) is 16.4. The lowest BCUT2D eigenvalue weighted by Gasteiger charge is -2.18. The van der Waals surface area contributed by atoms with Crippen molar-refractivity contribution in [2.45, 2.75) is 13.0 Å². The molecule has 0 saturated carbocycles. The van der Waals surface area contributed by atoms with E-state index in [4.69, 9.17) is 23.2 Å². The molecule has 2 rings (SSSR count). The third-order valence-electron chi connectivity index (χ3n) is 2.99. The van der Waals surface area contributed by atoms with Crippen LogP contribution in [-0.2, 0) is 14.3 Å². The molecule has 22 heavy (non-hydrogen) atoms. The molecule has 1 aliphatic heterocycles. The van der Waals surface area contributed by atoms with Gasteiger partial charge in [0.15, 0.2) is 0 Å². The summed E-state index contributed by atoms with van der Waals surface area (Å²) in [5.74, 6) is -1.20. The van der Waals surface area contributed by atoms with Crippen molar-refractivity contribution in [2.75, 3.05) is 7.11 Å². The molecule has 8 heteroatoms. The molecule has 1 atom stereocenters. The first kappa shape index (κ1) is 16.9. The highest BCUT2D eigenvalue weighted by atomic mass is 35.5. The molecular weight excluding hydrogens is 349 g/mol. The molecule has 116 valence electrons. The fourth-order valence-electron chi connectivity index (χ4n) is 1.84. The van der Waals surface area contributed by atoms with Crippen LogP contribution in [0.4, 0.5) is 4.79 Å². The molecule has 1 heterocycles. The predicted molar refractivity (Wildman–Crippen MR) is 85.8 cm³/mol. The van der Waals surface area contributed by atoms with Crippen molar-refractivity contribution in [2.24, 2.45) is 0 Å². The van der Waals surface area contributed by atoms with Crippen LogP contribution in [0.2, 0.25) is 10.0 Å². The molecule has 5 nitrogen and oxygen atoms in total. The fourth-order valence-corrected chi connectivity index (χ4v) is 3.06. The van der Waals surface area contributed by atoms with Crippen LogP contribution in [0.5, 0.6) is 0 Å². The highest BCUT2D eigenvalue weighted by Gasteiger charge is 2.41. The number of thioether (sulfide) groups is 1. The highest BCUT2D eigenvalue weighted by molar-refractivity contribution is 8.18. The maximum Gasteiger partial charge on any atom is 0.328 e. The fraction of sp³-hybridized carbons (Fsp3) is 0.214. The van der Waals surface area contributed by atoms with Crippen molar-refractivity contribution in [1.82, 2.24) is 4.90 Å². The van der Waals surface area contributed by atoms with Crippen LogP contribution < -0.4 is 0 Å². The van der Waals surface area contributed by atoms with Crippen LogP contribution in [-0.4, -0.2) is 35.2 Å². The number of benzene rings is 1. The number of hydrogen-bond donors (Lipinski definition) is 0. The minimum Gasteiger partial charge on any atom is -0.467 e. The van der Waals surface area contributed by atoms with E-state index in [1.165, 1.54) is 20.1 Å². The summed E-state index contributed by atoms with van der Waals surface area (Å²) in [7, 11) is 1.20. The summed E-state index contributed by atoms with van der Waals surface area (Å²) < 4.78 is 4.56. The molecule has 0 radical (unpaired) electrons. The van der Waals surface area contributed by atoms with E-state index >= 15 is 0 Å². The topological polar surface area (TPSA) is 63.7 Å². The van der Waals surface area contributed by atoms with Gasteiger partial charge in [0.05, 0.1) is 22.1 Å². The van der Waals surface area contributed by atoms with Gasteiger partial charge in [-0.05, 0) is 42.5 Å². The minimum atomic E-state index is -0.975. The average Bonchev–Trinajstić information content (AvgIpc) is 2.75. The number of nitrogens with zero attached hydrogens (tertiary/aromatic N) is 1. The van der Waals surface area contributed by atoms with Crippen LogP contribution in [0.3, 0.4) is 0 Å². The molecule has 0 bridgehead atoms. The van der Waals surface area contributed by atoms with Gasteiger partial charge in [0.25, 0.3) is 11.1 Å². The number of carbonyl (C=O) groups excluding carboxylic acids is 3. The lowest BCUT2D eigenvalue weighted by Crippen LogP contribution is -2.42. The van der Waals surface area contributed by atoms with Crippen LogP contribution in [0, 0.1) is 0 Å². The molecule has 1 saturated heterocycles. The molecule has 0 spiro atoms. The van der Waals surface area contributed by atoms with Gasteiger partial charge in [-0.3, -0.25) is 14.5 Å². The summed E-state index contributed by atoms with van der Waals surface area (Å²) in [6.07, 6.45) is 1.52. The SMILES string of the molecule is COC(=O)[C@H](C)N1C(=O)S/C(=C/c2ccc(Cl)c(Cl)c2)C1=O. The molecule has 2 amide bonds.